The van der Waals surface area contributed by atoms with Gasteiger partial charge in [0.1, 0.15) is 13.2 Å². The fourth-order valence-corrected chi connectivity index (χ4v) is 3.01. The predicted molar refractivity (Wildman–Crippen MR) is 90.8 cm³/mol. The van der Waals surface area contributed by atoms with Gasteiger partial charge in [0.05, 0.1) is 6.10 Å². The first kappa shape index (κ1) is 16.9. The zero-order chi connectivity index (χ0) is 16.8. The minimum absolute atomic E-state index is 0.229. The van der Waals surface area contributed by atoms with Gasteiger partial charge in [-0.3, -0.25) is 0 Å². The molecule has 0 unspecified atom stereocenters. The molecular weight excluding hydrogens is 310 g/mol. The van der Waals surface area contributed by atoms with Crippen LogP contribution in [0, 0.1) is 0 Å². The number of amides is 2. The summed E-state index contributed by atoms with van der Waals surface area (Å²) in [5, 5.41) is 15.5. The van der Waals surface area contributed by atoms with Crippen LogP contribution in [0.3, 0.4) is 0 Å². The van der Waals surface area contributed by atoms with Gasteiger partial charge in [0.2, 0.25) is 0 Å². The number of benzene rings is 1. The summed E-state index contributed by atoms with van der Waals surface area (Å²) < 4.78 is 10.9. The number of carbonyl (C=O) groups is 1. The summed E-state index contributed by atoms with van der Waals surface area (Å²) in [5.74, 6) is 1.31. The smallest absolute Gasteiger partial charge is 0.319 e. The Morgan fingerprint density at radius 2 is 1.92 bits per heavy atom. The lowest BCUT2D eigenvalue weighted by molar-refractivity contribution is 0.102. The Hall–Kier alpha value is -1.99. The maximum absolute atomic E-state index is 12.0. The van der Waals surface area contributed by atoms with E-state index in [0.29, 0.717) is 36.9 Å². The second kappa shape index (κ2) is 8.21. The molecular formula is C17H25N3O4. The quantitative estimate of drug-likeness (QED) is 0.758. The summed E-state index contributed by atoms with van der Waals surface area (Å²) in [4.78, 5) is 14.2. The molecule has 132 valence electrons. The molecule has 1 aromatic carbocycles. The Kier molecular flexibility index (Phi) is 5.77. The SMILES string of the molecule is O=C(NC[C@@H](O)CN1CCCCC1)Nc1ccc2c(c1)OCCO2. The third-order valence-corrected chi connectivity index (χ3v) is 4.22. The summed E-state index contributed by atoms with van der Waals surface area (Å²) in [6, 6.07) is 4.93. The highest BCUT2D eigenvalue weighted by Crippen LogP contribution is 2.32. The molecule has 1 aromatic rings. The van der Waals surface area contributed by atoms with E-state index in [2.05, 4.69) is 15.5 Å². The fraction of sp³-hybridized carbons (Fsp3) is 0.588. The van der Waals surface area contributed by atoms with Gasteiger partial charge < -0.3 is 30.1 Å². The first-order chi connectivity index (χ1) is 11.7. The van der Waals surface area contributed by atoms with Crippen molar-refractivity contribution in [1.82, 2.24) is 10.2 Å². The highest BCUT2D eigenvalue weighted by atomic mass is 16.6. The van der Waals surface area contributed by atoms with Gasteiger partial charge >= 0.3 is 6.03 Å². The van der Waals surface area contributed by atoms with Crippen LogP contribution in [0.25, 0.3) is 0 Å². The third kappa shape index (κ3) is 4.75. The van der Waals surface area contributed by atoms with E-state index in [9.17, 15) is 9.90 Å². The number of nitrogens with one attached hydrogen (secondary N) is 2. The van der Waals surface area contributed by atoms with E-state index < -0.39 is 6.10 Å². The molecule has 24 heavy (non-hydrogen) atoms. The molecule has 1 saturated heterocycles. The van der Waals surface area contributed by atoms with Gasteiger partial charge in [-0.15, -0.1) is 0 Å². The summed E-state index contributed by atoms with van der Waals surface area (Å²) in [6.45, 7) is 3.93. The highest BCUT2D eigenvalue weighted by molar-refractivity contribution is 5.89. The molecule has 1 fully saturated rings. The molecule has 0 saturated carbocycles. The molecule has 7 heteroatoms. The van der Waals surface area contributed by atoms with Gasteiger partial charge in [-0.25, -0.2) is 4.79 Å². The molecule has 2 aliphatic heterocycles. The number of fused-ring (bicyclic) bond motifs is 1. The molecule has 3 N–H and O–H groups in total. The molecule has 2 aliphatic rings. The van der Waals surface area contributed by atoms with Gasteiger partial charge in [0.25, 0.3) is 0 Å². The van der Waals surface area contributed by atoms with Crippen LogP contribution < -0.4 is 20.1 Å². The van der Waals surface area contributed by atoms with Crippen molar-refractivity contribution in [3.8, 4) is 11.5 Å². The maximum Gasteiger partial charge on any atom is 0.319 e. The molecule has 1 atom stereocenters. The summed E-state index contributed by atoms with van der Waals surface area (Å²) in [5.41, 5.74) is 0.627. The van der Waals surface area contributed by atoms with Crippen molar-refractivity contribution < 1.29 is 19.4 Å². The molecule has 7 nitrogen and oxygen atoms in total. The normalized spacial score (nSPS) is 18.7. The molecule has 2 heterocycles. The largest absolute Gasteiger partial charge is 0.486 e. The van der Waals surface area contributed by atoms with Gasteiger partial charge in [0, 0.05) is 24.8 Å². The number of rotatable bonds is 5. The number of likely N-dealkylation sites (tertiary alicyclic amines) is 1. The van der Waals surface area contributed by atoms with Crippen LogP contribution in [0.1, 0.15) is 19.3 Å². The zero-order valence-corrected chi connectivity index (χ0v) is 13.8. The number of ether oxygens (including phenoxy) is 2. The van der Waals surface area contributed by atoms with E-state index in [1.54, 1.807) is 18.2 Å². The van der Waals surface area contributed by atoms with E-state index >= 15 is 0 Å². The molecule has 3 rings (SSSR count). The van der Waals surface area contributed by atoms with Crippen LogP contribution in [0.2, 0.25) is 0 Å². The Bertz CT molecular complexity index is 561. The van der Waals surface area contributed by atoms with E-state index in [4.69, 9.17) is 9.47 Å². The number of urea groups is 1. The van der Waals surface area contributed by atoms with Crippen molar-refractivity contribution in [3.05, 3.63) is 18.2 Å². The van der Waals surface area contributed by atoms with Crippen molar-refractivity contribution >= 4 is 11.7 Å². The summed E-state index contributed by atoms with van der Waals surface area (Å²) >= 11 is 0. The molecule has 0 aromatic heterocycles. The van der Waals surface area contributed by atoms with Crippen molar-refractivity contribution in [3.63, 3.8) is 0 Å². The maximum atomic E-state index is 12.0. The second-order valence-corrected chi connectivity index (χ2v) is 6.21. The number of β-amino-alcohol motifs (C(OH)–C–C–N with tert-alkyl or cyclic N) is 1. The Labute approximate surface area is 141 Å². The van der Waals surface area contributed by atoms with Crippen molar-refractivity contribution in [1.29, 1.82) is 0 Å². The Morgan fingerprint density at radius 3 is 2.71 bits per heavy atom. The van der Waals surface area contributed by atoms with Crippen LogP contribution in [0.15, 0.2) is 18.2 Å². The van der Waals surface area contributed by atoms with E-state index in [1.807, 2.05) is 0 Å². The number of aliphatic hydroxyl groups excluding tert-OH is 1. The average molecular weight is 335 g/mol. The van der Waals surface area contributed by atoms with Crippen molar-refractivity contribution in [2.45, 2.75) is 25.4 Å². The van der Waals surface area contributed by atoms with E-state index in [-0.39, 0.29) is 12.6 Å². The van der Waals surface area contributed by atoms with Gasteiger partial charge in [0.15, 0.2) is 11.5 Å². The Balaban J connectivity index is 1.42. The van der Waals surface area contributed by atoms with Crippen LogP contribution in [-0.2, 0) is 0 Å². The standard InChI is InChI=1S/C17H25N3O4/c21-14(12-20-6-2-1-3-7-20)11-18-17(22)19-13-4-5-15-16(10-13)24-9-8-23-15/h4-5,10,14,21H,1-3,6-9,11-12H2,(H2,18,19,22)/t14-/m1/s1. The monoisotopic (exact) mass is 335 g/mol. The lowest BCUT2D eigenvalue weighted by atomic mass is 10.1. The van der Waals surface area contributed by atoms with Crippen LogP contribution >= 0.6 is 0 Å². The first-order valence-corrected chi connectivity index (χ1v) is 8.55. The number of hydrogen-bond donors (Lipinski definition) is 3. The predicted octanol–water partition coefficient (Wildman–Crippen LogP) is 1.43. The molecule has 0 spiro atoms. The highest BCUT2D eigenvalue weighted by Gasteiger charge is 2.16. The number of nitrogens with zero attached hydrogens (tertiary/aromatic N) is 1. The van der Waals surface area contributed by atoms with Crippen molar-refractivity contribution in [2.75, 3.05) is 44.7 Å². The van der Waals surface area contributed by atoms with Gasteiger partial charge in [-0.05, 0) is 38.1 Å². The van der Waals surface area contributed by atoms with Crippen LogP contribution in [0.4, 0.5) is 10.5 Å². The lowest BCUT2D eigenvalue weighted by Gasteiger charge is -2.28. The van der Waals surface area contributed by atoms with Crippen LogP contribution in [0.5, 0.6) is 11.5 Å². The van der Waals surface area contributed by atoms with Gasteiger partial charge in [-0.2, -0.15) is 0 Å². The molecule has 0 bridgehead atoms. The molecule has 0 radical (unpaired) electrons. The zero-order valence-electron chi connectivity index (χ0n) is 13.8. The minimum atomic E-state index is -0.561. The topological polar surface area (TPSA) is 83.1 Å². The second-order valence-electron chi connectivity index (χ2n) is 6.21. The number of carbonyl (C=O) groups excluding carboxylic acids is 1. The average Bonchev–Trinajstić information content (AvgIpc) is 2.61. The molecule has 2 amide bonds. The van der Waals surface area contributed by atoms with Crippen molar-refractivity contribution in [2.24, 2.45) is 0 Å². The number of hydrogen-bond acceptors (Lipinski definition) is 5. The van der Waals surface area contributed by atoms with Gasteiger partial charge in [-0.1, -0.05) is 6.42 Å². The third-order valence-electron chi connectivity index (χ3n) is 4.22. The van der Waals surface area contributed by atoms with E-state index in [0.717, 1.165) is 13.1 Å². The van der Waals surface area contributed by atoms with E-state index in [1.165, 1.54) is 19.3 Å². The Morgan fingerprint density at radius 1 is 1.17 bits per heavy atom. The fourth-order valence-electron chi connectivity index (χ4n) is 3.01. The number of aliphatic hydroxyl groups is 1. The minimum Gasteiger partial charge on any atom is -0.486 e. The molecule has 0 aliphatic carbocycles. The van der Waals surface area contributed by atoms with Crippen LogP contribution in [-0.4, -0.2) is 61.5 Å². The number of piperidine rings is 1. The summed E-state index contributed by atoms with van der Waals surface area (Å²) in [7, 11) is 0. The lowest BCUT2D eigenvalue weighted by Crippen LogP contribution is -2.42. The number of anilines is 1. The summed E-state index contributed by atoms with van der Waals surface area (Å²) in [6.07, 6.45) is 3.08. The first-order valence-electron chi connectivity index (χ1n) is 8.55.